The highest BCUT2D eigenvalue weighted by molar-refractivity contribution is 5.80. The number of fused-ring (bicyclic) bond motifs is 2. The number of nitro groups is 2. The summed E-state index contributed by atoms with van der Waals surface area (Å²) in [5, 5.41) is 25.3. The minimum atomic E-state index is -0.497. The Morgan fingerprint density at radius 2 is 1.39 bits per heavy atom. The molecule has 12 nitrogen and oxygen atoms in total. The highest BCUT2D eigenvalue weighted by Gasteiger charge is 2.12. The highest BCUT2D eigenvalue weighted by Crippen LogP contribution is 2.29. The van der Waals surface area contributed by atoms with Crippen molar-refractivity contribution in [1.82, 2.24) is 15.0 Å². The van der Waals surface area contributed by atoms with Crippen LogP contribution in [0.2, 0.25) is 0 Å². The van der Waals surface area contributed by atoms with Gasteiger partial charge in [0.05, 0.1) is 9.85 Å². The first-order chi connectivity index (χ1) is 18.4. The minimum Gasteiger partial charge on any atom is -0.439 e. The molecule has 1 aliphatic rings. The Hall–Kier alpha value is -5.52. The van der Waals surface area contributed by atoms with Crippen molar-refractivity contribution in [2.45, 2.75) is 6.42 Å². The summed E-state index contributed by atoms with van der Waals surface area (Å²) in [6.07, 6.45) is 5.17. The van der Waals surface area contributed by atoms with E-state index < -0.39 is 9.85 Å². The highest BCUT2D eigenvalue weighted by atomic mass is 16.6. The van der Waals surface area contributed by atoms with Gasteiger partial charge in [-0.1, -0.05) is 0 Å². The van der Waals surface area contributed by atoms with Crippen LogP contribution in [0.25, 0.3) is 10.9 Å². The van der Waals surface area contributed by atoms with E-state index in [1.54, 1.807) is 0 Å². The standard InChI is InChI=1S/C13H11N3O3.C13H9N3O3/c2*17-16(18)10-1-4-13(15-8-10)19-11-2-3-12-9(7-11)5-6-14-12/h1-4,7-8,14H,5-6H2;1-8,14H. The number of benzene rings is 2. The Labute approximate surface area is 215 Å². The number of anilines is 1. The lowest BCUT2D eigenvalue weighted by molar-refractivity contribution is -0.385. The normalized spacial score (nSPS) is 11.6. The van der Waals surface area contributed by atoms with E-state index >= 15 is 0 Å². The molecule has 0 radical (unpaired) electrons. The van der Waals surface area contributed by atoms with Crippen LogP contribution in [-0.4, -0.2) is 31.3 Å². The molecule has 0 saturated carbocycles. The van der Waals surface area contributed by atoms with E-state index in [4.69, 9.17) is 9.47 Å². The molecule has 5 aromatic rings. The van der Waals surface area contributed by atoms with Gasteiger partial charge in [-0.25, -0.2) is 9.97 Å². The van der Waals surface area contributed by atoms with Crippen molar-refractivity contribution in [1.29, 1.82) is 0 Å². The second-order valence-corrected chi connectivity index (χ2v) is 8.15. The molecule has 0 amide bonds. The molecule has 4 heterocycles. The summed E-state index contributed by atoms with van der Waals surface area (Å²) in [7, 11) is 0. The summed E-state index contributed by atoms with van der Waals surface area (Å²) in [6, 6.07) is 19.0. The molecule has 12 heteroatoms. The summed E-state index contributed by atoms with van der Waals surface area (Å²) in [6.45, 7) is 0.939. The Bertz CT molecular complexity index is 1600. The predicted molar refractivity (Wildman–Crippen MR) is 139 cm³/mol. The van der Waals surface area contributed by atoms with Gasteiger partial charge in [-0.05, 0) is 54.4 Å². The topological polar surface area (TPSA) is 158 Å². The summed E-state index contributed by atoms with van der Waals surface area (Å²) in [5.41, 5.74) is 3.24. The number of pyridine rings is 2. The molecule has 2 aromatic carbocycles. The van der Waals surface area contributed by atoms with E-state index in [0.29, 0.717) is 23.3 Å². The van der Waals surface area contributed by atoms with E-state index in [0.717, 1.165) is 29.6 Å². The Morgan fingerprint density at radius 3 is 2.00 bits per heavy atom. The van der Waals surface area contributed by atoms with Gasteiger partial charge in [0.25, 0.3) is 11.4 Å². The number of H-pyrrole nitrogens is 1. The second-order valence-electron chi connectivity index (χ2n) is 8.15. The molecule has 0 saturated heterocycles. The third-order valence-electron chi connectivity index (χ3n) is 5.62. The average Bonchev–Trinajstić information content (AvgIpc) is 3.58. The molecule has 0 fully saturated rings. The van der Waals surface area contributed by atoms with E-state index in [9.17, 15) is 20.2 Å². The molecule has 0 aliphatic carbocycles. The monoisotopic (exact) mass is 512 g/mol. The fourth-order valence-electron chi connectivity index (χ4n) is 3.76. The molecular formula is C26H20N6O6. The molecule has 0 bridgehead atoms. The number of hydrogen-bond donors (Lipinski definition) is 2. The second kappa shape index (κ2) is 10.6. The number of ether oxygens (including phenoxy) is 2. The largest absolute Gasteiger partial charge is 0.439 e. The molecule has 38 heavy (non-hydrogen) atoms. The summed E-state index contributed by atoms with van der Waals surface area (Å²) < 4.78 is 11.1. The van der Waals surface area contributed by atoms with Gasteiger partial charge in [0.15, 0.2) is 0 Å². The number of aromatic amines is 1. The van der Waals surface area contributed by atoms with Crippen molar-refractivity contribution in [2.24, 2.45) is 0 Å². The third-order valence-corrected chi connectivity index (χ3v) is 5.62. The molecule has 190 valence electrons. The Morgan fingerprint density at radius 1 is 0.763 bits per heavy atom. The lowest BCUT2D eigenvalue weighted by atomic mass is 10.1. The zero-order valence-electron chi connectivity index (χ0n) is 19.7. The number of nitrogens with one attached hydrogen (secondary N) is 2. The number of aromatic nitrogens is 3. The molecule has 6 rings (SSSR count). The molecule has 1 aliphatic heterocycles. The molecule has 0 unspecified atom stereocenters. The van der Waals surface area contributed by atoms with Gasteiger partial charge in [0.2, 0.25) is 11.8 Å². The van der Waals surface area contributed by atoms with E-state index in [1.807, 2.05) is 48.7 Å². The van der Waals surface area contributed by atoms with Crippen LogP contribution in [0.5, 0.6) is 23.3 Å². The molecule has 3 aromatic heterocycles. The lowest BCUT2D eigenvalue weighted by Gasteiger charge is -2.06. The van der Waals surface area contributed by atoms with Gasteiger partial charge >= 0.3 is 0 Å². The van der Waals surface area contributed by atoms with Crippen LogP contribution in [0.3, 0.4) is 0 Å². The molecule has 0 atom stereocenters. The minimum absolute atomic E-state index is 0.0505. The quantitative estimate of drug-likeness (QED) is 0.205. The van der Waals surface area contributed by atoms with Gasteiger partial charge in [-0.3, -0.25) is 20.2 Å². The fourth-order valence-corrected chi connectivity index (χ4v) is 3.76. The van der Waals surface area contributed by atoms with Crippen molar-refractivity contribution in [3.8, 4) is 23.3 Å². The van der Waals surface area contributed by atoms with Crippen molar-refractivity contribution in [3.63, 3.8) is 0 Å². The van der Waals surface area contributed by atoms with Crippen molar-refractivity contribution < 1.29 is 19.3 Å². The van der Waals surface area contributed by atoms with Crippen molar-refractivity contribution in [2.75, 3.05) is 11.9 Å². The van der Waals surface area contributed by atoms with Gasteiger partial charge < -0.3 is 19.8 Å². The first kappa shape index (κ1) is 24.2. The lowest BCUT2D eigenvalue weighted by Crippen LogP contribution is -1.92. The van der Waals surface area contributed by atoms with Crippen LogP contribution < -0.4 is 14.8 Å². The van der Waals surface area contributed by atoms with Crippen LogP contribution in [0, 0.1) is 20.2 Å². The predicted octanol–water partition coefficient (Wildman–Crippen LogP) is 6.01. The van der Waals surface area contributed by atoms with E-state index in [-0.39, 0.29) is 11.4 Å². The van der Waals surface area contributed by atoms with Gasteiger partial charge in [-0.2, -0.15) is 0 Å². The van der Waals surface area contributed by atoms with Gasteiger partial charge in [-0.15, -0.1) is 0 Å². The SMILES string of the molecule is O=[N+]([O-])c1ccc(Oc2ccc3[nH]ccc3c2)nc1.O=[N+]([O-])c1ccc(Oc2ccc3c(c2)CCN3)nc1. The maximum atomic E-state index is 10.5. The fraction of sp³-hybridized carbons (Fsp3) is 0.0769. The van der Waals surface area contributed by atoms with Crippen LogP contribution >= 0.6 is 0 Å². The van der Waals surface area contributed by atoms with Crippen LogP contribution in [0.4, 0.5) is 17.1 Å². The third kappa shape index (κ3) is 5.65. The first-order valence-corrected chi connectivity index (χ1v) is 11.5. The zero-order valence-corrected chi connectivity index (χ0v) is 19.7. The van der Waals surface area contributed by atoms with E-state index in [2.05, 4.69) is 20.3 Å². The molecular weight excluding hydrogens is 492 g/mol. The number of hydrogen-bond acceptors (Lipinski definition) is 9. The maximum Gasteiger partial charge on any atom is 0.287 e. The number of rotatable bonds is 6. The maximum absolute atomic E-state index is 10.5. The van der Waals surface area contributed by atoms with Crippen LogP contribution in [0.1, 0.15) is 5.56 Å². The first-order valence-electron chi connectivity index (χ1n) is 11.5. The molecule has 2 N–H and O–H groups in total. The smallest absolute Gasteiger partial charge is 0.287 e. The van der Waals surface area contributed by atoms with Crippen LogP contribution in [-0.2, 0) is 6.42 Å². The average molecular weight is 512 g/mol. The van der Waals surface area contributed by atoms with Gasteiger partial charge in [0, 0.05) is 53.6 Å². The Balaban J connectivity index is 0.000000155. The summed E-state index contributed by atoms with van der Waals surface area (Å²) in [5.74, 6) is 1.98. The summed E-state index contributed by atoms with van der Waals surface area (Å²) >= 11 is 0. The van der Waals surface area contributed by atoms with Gasteiger partial charge in [0.1, 0.15) is 23.9 Å². The van der Waals surface area contributed by atoms with Crippen molar-refractivity contribution in [3.05, 3.63) is 111 Å². The zero-order chi connectivity index (χ0) is 26.5. The summed E-state index contributed by atoms with van der Waals surface area (Å²) in [4.78, 5) is 30.9. The van der Waals surface area contributed by atoms with Crippen LogP contribution in [0.15, 0.2) is 85.3 Å². The van der Waals surface area contributed by atoms with Crippen molar-refractivity contribution >= 4 is 28.0 Å². The molecule has 0 spiro atoms. The Kier molecular flexibility index (Phi) is 6.76. The van der Waals surface area contributed by atoms with E-state index in [1.165, 1.54) is 42.2 Å². The number of nitrogens with zero attached hydrogens (tertiary/aromatic N) is 4.